The number of hydrogen-bond acceptors (Lipinski definition) is 4. The van der Waals surface area contributed by atoms with Crippen LogP contribution in [0.25, 0.3) is 0 Å². The number of anilines is 1. The van der Waals surface area contributed by atoms with Crippen LogP contribution in [0.4, 0.5) is 10.2 Å². The number of halogens is 1. The van der Waals surface area contributed by atoms with Crippen molar-refractivity contribution in [1.82, 2.24) is 5.32 Å². The number of nitrogens with one attached hydrogen (secondary N) is 1. The molecule has 1 aromatic rings. The van der Waals surface area contributed by atoms with Crippen LogP contribution >= 0.6 is 0 Å². The third-order valence-electron chi connectivity index (χ3n) is 4.93. The van der Waals surface area contributed by atoms with Crippen molar-refractivity contribution in [2.24, 2.45) is 0 Å². The third-order valence-corrected chi connectivity index (χ3v) is 4.93. The van der Waals surface area contributed by atoms with Crippen molar-refractivity contribution in [3.05, 3.63) is 29.3 Å². The molecule has 2 aliphatic heterocycles. The number of para-hydroxylation sites is 1. The maximum atomic E-state index is 12.7. The predicted molar refractivity (Wildman–Crippen MR) is 84.8 cm³/mol. The molecule has 0 radical (unpaired) electrons. The molecular weight excluding hydrogens is 299 g/mol. The molecule has 1 amide bonds. The van der Waals surface area contributed by atoms with Crippen molar-refractivity contribution in [3.8, 4) is 0 Å². The first-order valence-corrected chi connectivity index (χ1v) is 8.12. The van der Waals surface area contributed by atoms with Crippen molar-refractivity contribution in [1.29, 1.82) is 0 Å². The third kappa shape index (κ3) is 2.93. The van der Waals surface area contributed by atoms with Gasteiger partial charge in [-0.25, -0.2) is 0 Å². The molecule has 1 N–H and O–H groups in total. The normalized spacial score (nSPS) is 29.7. The predicted octanol–water partition coefficient (Wildman–Crippen LogP) is 2.13. The Balaban J connectivity index is 1.70. The average molecular weight is 322 g/mol. The first-order valence-electron chi connectivity index (χ1n) is 8.12. The van der Waals surface area contributed by atoms with Crippen LogP contribution in [-0.4, -0.2) is 37.4 Å². The summed E-state index contributed by atoms with van der Waals surface area (Å²) in [5, 5.41) is 2.99. The van der Waals surface area contributed by atoms with E-state index in [0.29, 0.717) is 12.8 Å². The number of likely N-dealkylation sites (N-methyl/N-ethyl adjacent to an activating group) is 1. The van der Waals surface area contributed by atoms with Gasteiger partial charge in [0, 0.05) is 25.6 Å². The van der Waals surface area contributed by atoms with Gasteiger partial charge < -0.3 is 15.0 Å². The molecule has 126 valence electrons. The number of ether oxygens (including phenoxy) is 1. The molecule has 2 heterocycles. The lowest BCUT2D eigenvalue weighted by molar-refractivity contribution is -0.265. The molecule has 1 saturated heterocycles. The summed E-state index contributed by atoms with van der Waals surface area (Å²) in [5.41, 5.74) is 3.62. The highest BCUT2D eigenvalue weighted by molar-refractivity contribution is 5.89. The zero-order valence-corrected chi connectivity index (χ0v) is 13.7. The van der Waals surface area contributed by atoms with Crippen LogP contribution in [0.5, 0.6) is 0 Å². The van der Waals surface area contributed by atoms with Crippen LogP contribution < -0.4 is 10.2 Å². The number of hydrogen-bond donors (Lipinski definition) is 1. The second kappa shape index (κ2) is 6.45. The Labute approximate surface area is 135 Å². The molecule has 4 atom stereocenters. The summed E-state index contributed by atoms with van der Waals surface area (Å²) in [4.78, 5) is 18.5. The van der Waals surface area contributed by atoms with Crippen LogP contribution in [-0.2, 0) is 27.3 Å². The first kappa shape index (κ1) is 16.2. The second-order valence-electron chi connectivity index (χ2n) is 6.32. The highest BCUT2D eigenvalue weighted by Gasteiger charge is 2.38. The zero-order chi connectivity index (χ0) is 16.6. The summed E-state index contributed by atoms with van der Waals surface area (Å²) < 4.78 is 17.5. The number of carbonyl (C=O) groups excluding carboxylic acids is 1. The molecule has 0 bridgehead atoms. The number of fused-ring (bicyclic) bond motifs is 1. The molecule has 2 aliphatic rings. The van der Waals surface area contributed by atoms with E-state index in [9.17, 15) is 9.32 Å². The van der Waals surface area contributed by atoms with Crippen molar-refractivity contribution in [2.45, 2.75) is 57.6 Å². The highest BCUT2D eigenvalue weighted by Crippen LogP contribution is 2.35. The quantitative estimate of drug-likeness (QED) is 0.923. The van der Waals surface area contributed by atoms with E-state index in [1.54, 1.807) is 0 Å². The van der Waals surface area contributed by atoms with Gasteiger partial charge in [-0.2, -0.15) is 4.94 Å². The van der Waals surface area contributed by atoms with Gasteiger partial charge in [0.15, 0.2) is 6.29 Å². The molecule has 0 aromatic heterocycles. The maximum Gasteiger partial charge on any atom is 0.243 e. The second-order valence-corrected chi connectivity index (χ2v) is 6.32. The van der Waals surface area contributed by atoms with Crippen LogP contribution in [0.3, 0.4) is 0 Å². The van der Waals surface area contributed by atoms with Gasteiger partial charge in [0.2, 0.25) is 5.91 Å². The molecule has 23 heavy (non-hydrogen) atoms. The summed E-state index contributed by atoms with van der Waals surface area (Å²) in [5.74, 6) is -0.0503. The fourth-order valence-electron chi connectivity index (χ4n) is 3.62. The Hall–Kier alpha value is -1.66. The molecule has 1 fully saturated rings. The minimum Gasteiger partial charge on any atom is -0.362 e. The molecule has 6 heteroatoms. The summed E-state index contributed by atoms with van der Waals surface area (Å²) in [6.45, 7) is 3.93. The van der Waals surface area contributed by atoms with Crippen molar-refractivity contribution in [3.63, 3.8) is 0 Å². The van der Waals surface area contributed by atoms with Gasteiger partial charge in [-0.3, -0.25) is 4.79 Å². The van der Waals surface area contributed by atoms with Crippen molar-refractivity contribution in [2.75, 3.05) is 11.9 Å². The monoisotopic (exact) mass is 322 g/mol. The number of amides is 1. The van der Waals surface area contributed by atoms with Gasteiger partial charge in [0.1, 0.15) is 6.04 Å². The molecule has 0 saturated carbocycles. The zero-order valence-electron chi connectivity index (χ0n) is 13.7. The number of benzene rings is 1. The summed E-state index contributed by atoms with van der Waals surface area (Å²) >= 11 is 0. The Kier molecular flexibility index (Phi) is 4.55. The maximum absolute atomic E-state index is 12.7. The van der Waals surface area contributed by atoms with Crippen LogP contribution in [0.15, 0.2) is 18.2 Å². The van der Waals surface area contributed by atoms with Gasteiger partial charge in [0.05, 0.1) is 12.1 Å². The average Bonchev–Trinajstić information content (AvgIpc) is 3.08. The number of aryl methyl sites for hydroxylation is 1. The van der Waals surface area contributed by atoms with E-state index in [1.807, 2.05) is 24.9 Å². The van der Waals surface area contributed by atoms with Gasteiger partial charge in [-0.05, 0) is 29.0 Å². The van der Waals surface area contributed by atoms with Crippen molar-refractivity contribution < 1.29 is 19.0 Å². The standard InChI is InChI=1S/C17H23FN2O3/c1-4-11-6-5-7-12-8-14(20(3)16(11)12)17(21)19-13-9-15(23-18)22-10(13)2/h5-7,10,13-15H,4,8-9H2,1-3H3,(H,19,21). The molecule has 1 aromatic carbocycles. The highest BCUT2D eigenvalue weighted by atomic mass is 19.3. The lowest BCUT2D eigenvalue weighted by atomic mass is 10.0. The van der Waals surface area contributed by atoms with Crippen molar-refractivity contribution >= 4 is 11.6 Å². The number of carbonyl (C=O) groups is 1. The fourth-order valence-corrected chi connectivity index (χ4v) is 3.62. The lowest BCUT2D eigenvalue weighted by Crippen LogP contribution is -2.49. The van der Waals surface area contributed by atoms with E-state index >= 15 is 0 Å². The smallest absolute Gasteiger partial charge is 0.243 e. The van der Waals surface area contributed by atoms with Gasteiger partial charge in [-0.1, -0.05) is 25.1 Å². The van der Waals surface area contributed by atoms with E-state index in [2.05, 4.69) is 29.3 Å². The van der Waals surface area contributed by atoms with E-state index in [-0.39, 0.29) is 24.1 Å². The van der Waals surface area contributed by atoms with Gasteiger partial charge in [-0.15, -0.1) is 0 Å². The Morgan fingerprint density at radius 1 is 1.52 bits per heavy atom. The largest absolute Gasteiger partial charge is 0.362 e. The number of rotatable bonds is 4. The molecule has 5 nitrogen and oxygen atoms in total. The van der Waals surface area contributed by atoms with Crippen LogP contribution in [0.2, 0.25) is 0 Å². The van der Waals surface area contributed by atoms with E-state index in [1.165, 1.54) is 11.1 Å². The first-order chi connectivity index (χ1) is 11.0. The van der Waals surface area contributed by atoms with Crippen LogP contribution in [0.1, 0.15) is 31.4 Å². The Morgan fingerprint density at radius 3 is 2.96 bits per heavy atom. The van der Waals surface area contributed by atoms with E-state index in [4.69, 9.17) is 4.74 Å². The Bertz CT molecular complexity index is 595. The topological polar surface area (TPSA) is 50.8 Å². The van der Waals surface area contributed by atoms with E-state index in [0.717, 1.165) is 12.1 Å². The fraction of sp³-hybridized carbons (Fsp3) is 0.588. The van der Waals surface area contributed by atoms with E-state index < -0.39 is 6.29 Å². The minimum atomic E-state index is -0.888. The molecule has 0 aliphatic carbocycles. The lowest BCUT2D eigenvalue weighted by Gasteiger charge is -2.25. The summed E-state index contributed by atoms with van der Waals surface area (Å²) in [6.07, 6.45) is 0.800. The SMILES string of the molecule is CCc1cccc2c1N(C)C(C(=O)NC1CC(OF)OC1C)C2. The molecular formula is C17H23FN2O3. The number of nitrogens with zero attached hydrogens (tertiary/aromatic N) is 1. The minimum absolute atomic E-state index is 0.0503. The molecule has 4 unspecified atom stereocenters. The Morgan fingerprint density at radius 2 is 2.30 bits per heavy atom. The summed E-state index contributed by atoms with van der Waals surface area (Å²) in [6, 6.07) is 5.75. The summed E-state index contributed by atoms with van der Waals surface area (Å²) in [7, 11) is 1.96. The van der Waals surface area contributed by atoms with Gasteiger partial charge in [0.25, 0.3) is 0 Å². The van der Waals surface area contributed by atoms with Crippen LogP contribution in [0, 0.1) is 0 Å². The molecule has 3 rings (SSSR count). The molecule has 0 spiro atoms. The van der Waals surface area contributed by atoms with Gasteiger partial charge >= 0.3 is 0 Å².